The van der Waals surface area contributed by atoms with E-state index >= 15 is 0 Å². The van der Waals surface area contributed by atoms with Gasteiger partial charge in [0.15, 0.2) is 0 Å². The smallest absolute Gasteiger partial charge is 0.310 e. The number of halogens is 1. The summed E-state index contributed by atoms with van der Waals surface area (Å²) in [5.74, 6) is 0.0149. The number of aryl methyl sites for hydroxylation is 1. The number of Topliss-reactive ketones (excluding diaryl/α,β-unsaturated/α-hetero) is 1. The van der Waals surface area contributed by atoms with Crippen LogP contribution in [0.4, 0.5) is 4.39 Å². The number of hydrogen-bond donors (Lipinski definition) is 0. The van der Waals surface area contributed by atoms with E-state index in [1.807, 2.05) is 6.07 Å². The Morgan fingerprint density at radius 1 is 1.29 bits per heavy atom. The third-order valence-electron chi connectivity index (χ3n) is 7.23. The molecule has 4 heteroatoms. The lowest BCUT2D eigenvalue weighted by Crippen LogP contribution is -2.50. The van der Waals surface area contributed by atoms with Crippen molar-refractivity contribution in [2.45, 2.75) is 50.5 Å². The van der Waals surface area contributed by atoms with E-state index in [0.29, 0.717) is 12.3 Å². The van der Waals surface area contributed by atoms with Gasteiger partial charge in [0.1, 0.15) is 17.2 Å². The van der Waals surface area contributed by atoms with Gasteiger partial charge in [0.25, 0.3) is 0 Å². The zero-order valence-electron chi connectivity index (χ0n) is 13.8. The van der Waals surface area contributed by atoms with Crippen LogP contribution in [0.2, 0.25) is 0 Å². The third kappa shape index (κ3) is 1.67. The van der Waals surface area contributed by atoms with Gasteiger partial charge in [-0.25, -0.2) is 4.39 Å². The summed E-state index contributed by atoms with van der Waals surface area (Å²) in [4.78, 5) is 24.8. The van der Waals surface area contributed by atoms with Gasteiger partial charge in [-0.2, -0.15) is 0 Å². The Kier molecular flexibility index (Phi) is 2.85. The minimum absolute atomic E-state index is 0.0586. The number of fused-ring (bicyclic) bond motifs is 6. The minimum atomic E-state index is -0.570. The second-order valence-corrected chi connectivity index (χ2v) is 8.11. The van der Waals surface area contributed by atoms with Gasteiger partial charge in [-0.15, -0.1) is 0 Å². The zero-order valence-corrected chi connectivity index (χ0v) is 13.8. The topological polar surface area (TPSA) is 43.4 Å². The highest BCUT2D eigenvalue weighted by atomic mass is 19.1. The summed E-state index contributed by atoms with van der Waals surface area (Å²) in [6.07, 6.45) is 4.33. The number of carbonyl (C=O) groups excluding carboxylic acids is 2. The maximum absolute atomic E-state index is 13.9. The molecule has 126 valence electrons. The highest BCUT2D eigenvalue weighted by Crippen LogP contribution is 2.65. The molecule has 3 aliphatic carbocycles. The van der Waals surface area contributed by atoms with Gasteiger partial charge >= 0.3 is 5.97 Å². The number of ketones is 1. The number of rotatable bonds is 1. The van der Waals surface area contributed by atoms with Crippen LogP contribution >= 0.6 is 0 Å². The summed E-state index contributed by atoms with van der Waals surface area (Å²) in [6.45, 7) is 1.63. The summed E-state index contributed by atoms with van der Waals surface area (Å²) < 4.78 is 19.8. The van der Waals surface area contributed by atoms with Gasteiger partial charge in [0.05, 0.1) is 11.8 Å². The van der Waals surface area contributed by atoms with E-state index in [-0.39, 0.29) is 41.2 Å². The van der Waals surface area contributed by atoms with Gasteiger partial charge in [0.2, 0.25) is 0 Å². The Morgan fingerprint density at radius 2 is 2.12 bits per heavy atom. The Labute approximate surface area is 140 Å². The maximum Gasteiger partial charge on any atom is 0.310 e. The van der Waals surface area contributed by atoms with Gasteiger partial charge < -0.3 is 4.74 Å². The van der Waals surface area contributed by atoms with Gasteiger partial charge in [-0.1, -0.05) is 6.07 Å². The van der Waals surface area contributed by atoms with E-state index in [0.717, 1.165) is 31.2 Å². The number of esters is 1. The van der Waals surface area contributed by atoms with E-state index in [9.17, 15) is 14.0 Å². The molecule has 0 N–H and O–H groups in total. The molecule has 4 aliphatic rings. The predicted molar refractivity (Wildman–Crippen MR) is 84.8 cm³/mol. The molecule has 3 fully saturated rings. The minimum Gasteiger partial charge on any atom is -0.458 e. The van der Waals surface area contributed by atoms with Crippen LogP contribution in [-0.4, -0.2) is 17.4 Å². The second kappa shape index (κ2) is 4.68. The summed E-state index contributed by atoms with van der Waals surface area (Å²) in [7, 11) is 0. The van der Waals surface area contributed by atoms with Crippen LogP contribution in [0.15, 0.2) is 18.2 Å². The average Bonchev–Trinajstić information content (AvgIpc) is 3.05. The molecule has 1 saturated heterocycles. The van der Waals surface area contributed by atoms with Crippen molar-refractivity contribution in [1.82, 2.24) is 0 Å². The van der Waals surface area contributed by atoms with Crippen LogP contribution in [0, 0.1) is 29.5 Å². The molecule has 3 nitrogen and oxygen atoms in total. The molecule has 1 spiro atoms. The highest BCUT2D eigenvalue weighted by molar-refractivity contribution is 5.84. The van der Waals surface area contributed by atoms with Gasteiger partial charge in [-0.05, 0) is 61.8 Å². The predicted octanol–water partition coefficient (Wildman–Crippen LogP) is 3.40. The molecule has 1 aromatic carbocycles. The molecule has 2 bridgehead atoms. The SMILES string of the molecule is CC(=O)[C@@H]1CC[C@H]2[C@@H]3CCc4ccc(F)cc4[C@H]3[C@@H]3C[C@]12OC3=O. The van der Waals surface area contributed by atoms with Gasteiger partial charge in [0, 0.05) is 18.3 Å². The standard InChI is InChI=1S/C20H21FO3/c1-10(22)16-6-7-17-13-5-3-11-2-4-12(21)8-14(11)18(13)15-9-20(16,17)24-19(15)23/h2,4,8,13,15-18H,3,5-7,9H2,1H3/t13-,15-,16-,17-,18-,20-/m0/s1. The second-order valence-electron chi connectivity index (χ2n) is 8.11. The van der Waals surface area contributed by atoms with Gasteiger partial charge in [-0.3, -0.25) is 9.59 Å². The molecular formula is C20H21FO3. The van der Waals surface area contributed by atoms with E-state index in [1.165, 1.54) is 11.6 Å². The van der Waals surface area contributed by atoms with Crippen LogP contribution in [0.1, 0.15) is 49.7 Å². The van der Waals surface area contributed by atoms with Crippen molar-refractivity contribution in [3.05, 3.63) is 35.1 Å². The first-order valence-corrected chi connectivity index (χ1v) is 9.03. The number of hydrogen-bond acceptors (Lipinski definition) is 3. The fourth-order valence-electron chi connectivity index (χ4n) is 6.47. The quantitative estimate of drug-likeness (QED) is 0.742. The maximum atomic E-state index is 13.9. The molecule has 24 heavy (non-hydrogen) atoms. The largest absolute Gasteiger partial charge is 0.458 e. The molecule has 1 aromatic rings. The molecule has 5 rings (SSSR count). The molecule has 6 atom stereocenters. The lowest BCUT2D eigenvalue weighted by molar-refractivity contribution is -0.158. The molecule has 1 heterocycles. The summed E-state index contributed by atoms with van der Waals surface area (Å²) in [6, 6.07) is 5.01. The van der Waals surface area contributed by atoms with E-state index < -0.39 is 5.60 Å². The molecular weight excluding hydrogens is 307 g/mol. The fraction of sp³-hybridized carbons (Fsp3) is 0.600. The Balaban J connectivity index is 1.64. The molecule has 0 amide bonds. The highest BCUT2D eigenvalue weighted by Gasteiger charge is 2.68. The van der Waals surface area contributed by atoms with E-state index in [1.54, 1.807) is 13.0 Å². The Hall–Kier alpha value is -1.71. The Bertz CT molecular complexity index is 757. The number of carbonyl (C=O) groups is 2. The van der Waals surface area contributed by atoms with Crippen molar-refractivity contribution in [3.63, 3.8) is 0 Å². The molecule has 0 aromatic heterocycles. The van der Waals surface area contributed by atoms with E-state index in [2.05, 4.69) is 0 Å². The van der Waals surface area contributed by atoms with Crippen LogP contribution in [0.5, 0.6) is 0 Å². The first-order chi connectivity index (χ1) is 11.5. The lowest BCUT2D eigenvalue weighted by Gasteiger charge is -2.47. The first-order valence-electron chi connectivity index (χ1n) is 9.03. The third-order valence-corrected chi connectivity index (χ3v) is 7.23. The van der Waals surface area contributed by atoms with Crippen LogP contribution in [0.25, 0.3) is 0 Å². The van der Waals surface area contributed by atoms with Crippen molar-refractivity contribution < 1.29 is 18.7 Å². The van der Waals surface area contributed by atoms with Crippen LogP contribution < -0.4 is 0 Å². The summed E-state index contributed by atoms with van der Waals surface area (Å²) >= 11 is 0. The summed E-state index contributed by atoms with van der Waals surface area (Å²) in [5, 5.41) is 0. The Morgan fingerprint density at radius 3 is 2.92 bits per heavy atom. The number of ether oxygens (including phenoxy) is 1. The molecule has 2 saturated carbocycles. The summed E-state index contributed by atoms with van der Waals surface area (Å²) in [5.41, 5.74) is 1.61. The van der Waals surface area contributed by atoms with Crippen molar-refractivity contribution in [2.24, 2.45) is 23.7 Å². The monoisotopic (exact) mass is 328 g/mol. The van der Waals surface area contributed by atoms with Crippen LogP contribution in [0.3, 0.4) is 0 Å². The fourth-order valence-corrected chi connectivity index (χ4v) is 6.47. The van der Waals surface area contributed by atoms with Crippen molar-refractivity contribution in [3.8, 4) is 0 Å². The molecule has 1 aliphatic heterocycles. The zero-order chi connectivity index (χ0) is 16.6. The normalized spacial score (nSPS) is 42.1. The average molecular weight is 328 g/mol. The molecule has 0 radical (unpaired) electrons. The number of benzene rings is 1. The lowest BCUT2D eigenvalue weighted by atomic mass is 9.55. The first kappa shape index (κ1) is 14.6. The molecule has 0 unspecified atom stereocenters. The van der Waals surface area contributed by atoms with E-state index in [4.69, 9.17) is 4.74 Å². The van der Waals surface area contributed by atoms with Crippen LogP contribution in [-0.2, 0) is 20.7 Å². The van der Waals surface area contributed by atoms with Crippen molar-refractivity contribution >= 4 is 11.8 Å². The van der Waals surface area contributed by atoms with Crippen molar-refractivity contribution in [2.75, 3.05) is 0 Å². The van der Waals surface area contributed by atoms with Crippen molar-refractivity contribution in [1.29, 1.82) is 0 Å².